The third-order valence-corrected chi connectivity index (χ3v) is 3.22. The Labute approximate surface area is 107 Å². The maximum Gasteiger partial charge on any atom is -0.00490 e. The molecule has 1 heteroatoms. The Kier molecular flexibility index (Phi) is 6.95. The third kappa shape index (κ3) is 5.88. The lowest BCUT2D eigenvalue weighted by Gasteiger charge is -2.07. The van der Waals surface area contributed by atoms with Gasteiger partial charge in [0, 0.05) is 0 Å². The molecule has 0 aliphatic rings. The van der Waals surface area contributed by atoms with Gasteiger partial charge < -0.3 is 5.32 Å². The van der Waals surface area contributed by atoms with Crippen LogP contribution >= 0.6 is 0 Å². The Balaban J connectivity index is 2.19. The first-order valence-corrected chi connectivity index (χ1v) is 7.03. The van der Waals surface area contributed by atoms with Crippen LogP contribution in [0.15, 0.2) is 24.3 Å². The van der Waals surface area contributed by atoms with E-state index in [1.54, 1.807) is 0 Å². The minimum atomic E-state index is 0.643. The highest BCUT2D eigenvalue weighted by Gasteiger charge is 1.98. The predicted molar refractivity (Wildman–Crippen MR) is 76.6 cm³/mol. The summed E-state index contributed by atoms with van der Waals surface area (Å²) < 4.78 is 0. The van der Waals surface area contributed by atoms with Gasteiger partial charge in [-0.2, -0.15) is 0 Å². The summed E-state index contributed by atoms with van der Waals surface area (Å²) in [7, 11) is 0. The van der Waals surface area contributed by atoms with Gasteiger partial charge in [-0.1, -0.05) is 51.5 Å². The standard InChI is InChI=1S/C16H27N/c1-4-17-13-7-5-6-8-15-9-11-16(12-10-15)14(2)3/h9-12,14,17H,4-8,13H2,1-3H3. The summed E-state index contributed by atoms with van der Waals surface area (Å²) in [5, 5.41) is 3.37. The number of aryl methyl sites for hydroxylation is 1. The average molecular weight is 233 g/mol. The van der Waals surface area contributed by atoms with E-state index >= 15 is 0 Å². The van der Waals surface area contributed by atoms with Gasteiger partial charge in [0.2, 0.25) is 0 Å². The molecule has 0 atom stereocenters. The van der Waals surface area contributed by atoms with Crippen LogP contribution in [0.1, 0.15) is 57.1 Å². The largest absolute Gasteiger partial charge is 0.317 e. The zero-order chi connectivity index (χ0) is 12.5. The Bertz CT molecular complexity index is 287. The molecule has 1 nitrogen and oxygen atoms in total. The molecule has 1 N–H and O–H groups in total. The summed E-state index contributed by atoms with van der Waals surface area (Å²) in [6.45, 7) is 8.92. The molecule has 1 rings (SSSR count). The molecule has 0 bridgehead atoms. The van der Waals surface area contributed by atoms with E-state index in [4.69, 9.17) is 0 Å². The number of rotatable bonds is 8. The summed E-state index contributed by atoms with van der Waals surface area (Å²) in [4.78, 5) is 0. The van der Waals surface area contributed by atoms with Gasteiger partial charge in [-0.05, 0) is 49.4 Å². The third-order valence-electron chi connectivity index (χ3n) is 3.22. The second-order valence-corrected chi connectivity index (χ2v) is 5.06. The summed E-state index contributed by atoms with van der Waals surface area (Å²) in [5.41, 5.74) is 2.93. The zero-order valence-corrected chi connectivity index (χ0v) is 11.6. The lowest BCUT2D eigenvalue weighted by Crippen LogP contribution is -2.13. The van der Waals surface area contributed by atoms with Crippen LogP contribution in [-0.2, 0) is 6.42 Å². The fourth-order valence-corrected chi connectivity index (χ4v) is 2.00. The molecular weight excluding hydrogens is 206 g/mol. The Morgan fingerprint density at radius 2 is 1.71 bits per heavy atom. The van der Waals surface area contributed by atoms with Crippen molar-refractivity contribution in [3.63, 3.8) is 0 Å². The summed E-state index contributed by atoms with van der Waals surface area (Å²) >= 11 is 0. The second kappa shape index (κ2) is 8.30. The summed E-state index contributed by atoms with van der Waals surface area (Å²) in [6, 6.07) is 9.14. The lowest BCUT2D eigenvalue weighted by atomic mass is 10.00. The fourth-order valence-electron chi connectivity index (χ4n) is 2.00. The molecule has 0 saturated heterocycles. The van der Waals surface area contributed by atoms with Crippen molar-refractivity contribution < 1.29 is 0 Å². The van der Waals surface area contributed by atoms with Gasteiger partial charge >= 0.3 is 0 Å². The van der Waals surface area contributed by atoms with Crippen molar-refractivity contribution in [1.82, 2.24) is 5.32 Å². The molecular formula is C16H27N. The summed E-state index contributed by atoms with van der Waals surface area (Å²) in [5.74, 6) is 0.643. The fraction of sp³-hybridized carbons (Fsp3) is 0.625. The van der Waals surface area contributed by atoms with E-state index in [0.717, 1.165) is 6.54 Å². The van der Waals surface area contributed by atoms with Crippen LogP contribution in [0.5, 0.6) is 0 Å². The van der Waals surface area contributed by atoms with Crippen molar-refractivity contribution in [2.75, 3.05) is 13.1 Å². The molecule has 17 heavy (non-hydrogen) atoms. The molecule has 0 heterocycles. The molecule has 0 spiro atoms. The molecule has 0 unspecified atom stereocenters. The van der Waals surface area contributed by atoms with Crippen molar-refractivity contribution in [3.05, 3.63) is 35.4 Å². The number of hydrogen-bond acceptors (Lipinski definition) is 1. The number of unbranched alkanes of at least 4 members (excludes halogenated alkanes) is 2. The molecule has 0 amide bonds. The van der Waals surface area contributed by atoms with E-state index in [1.807, 2.05) is 0 Å². The van der Waals surface area contributed by atoms with E-state index in [0.29, 0.717) is 5.92 Å². The van der Waals surface area contributed by atoms with Crippen LogP contribution < -0.4 is 5.32 Å². The van der Waals surface area contributed by atoms with Gasteiger partial charge in [-0.25, -0.2) is 0 Å². The Morgan fingerprint density at radius 3 is 2.29 bits per heavy atom. The minimum absolute atomic E-state index is 0.643. The van der Waals surface area contributed by atoms with E-state index in [-0.39, 0.29) is 0 Å². The highest BCUT2D eigenvalue weighted by molar-refractivity contribution is 5.24. The molecule has 1 aromatic rings. The smallest absolute Gasteiger partial charge is 0.00490 e. The van der Waals surface area contributed by atoms with Crippen LogP contribution in [0.2, 0.25) is 0 Å². The van der Waals surface area contributed by atoms with Crippen molar-refractivity contribution in [2.45, 2.75) is 52.4 Å². The Morgan fingerprint density at radius 1 is 1.00 bits per heavy atom. The lowest BCUT2D eigenvalue weighted by molar-refractivity contribution is 0.616. The summed E-state index contributed by atoms with van der Waals surface area (Å²) in [6.07, 6.45) is 5.17. The van der Waals surface area contributed by atoms with Gasteiger partial charge in [0.05, 0.1) is 0 Å². The molecule has 0 aliphatic carbocycles. The van der Waals surface area contributed by atoms with Crippen molar-refractivity contribution in [2.24, 2.45) is 0 Å². The van der Waals surface area contributed by atoms with Crippen LogP contribution in [0, 0.1) is 0 Å². The SMILES string of the molecule is CCNCCCCCc1ccc(C(C)C)cc1. The van der Waals surface area contributed by atoms with Gasteiger partial charge in [-0.15, -0.1) is 0 Å². The van der Waals surface area contributed by atoms with E-state index < -0.39 is 0 Å². The number of hydrogen-bond donors (Lipinski definition) is 1. The zero-order valence-electron chi connectivity index (χ0n) is 11.6. The topological polar surface area (TPSA) is 12.0 Å². The number of benzene rings is 1. The van der Waals surface area contributed by atoms with E-state index in [9.17, 15) is 0 Å². The van der Waals surface area contributed by atoms with Crippen molar-refractivity contribution >= 4 is 0 Å². The minimum Gasteiger partial charge on any atom is -0.317 e. The van der Waals surface area contributed by atoms with Crippen molar-refractivity contribution in [1.29, 1.82) is 0 Å². The highest BCUT2D eigenvalue weighted by atomic mass is 14.8. The molecule has 0 fully saturated rings. The molecule has 0 aliphatic heterocycles. The van der Waals surface area contributed by atoms with Gasteiger partial charge in [0.25, 0.3) is 0 Å². The van der Waals surface area contributed by atoms with Gasteiger partial charge in [0.1, 0.15) is 0 Å². The van der Waals surface area contributed by atoms with Crippen LogP contribution in [0.3, 0.4) is 0 Å². The quantitative estimate of drug-likeness (QED) is 0.666. The average Bonchev–Trinajstić information content (AvgIpc) is 2.34. The first-order valence-electron chi connectivity index (χ1n) is 7.03. The number of nitrogens with one attached hydrogen (secondary N) is 1. The van der Waals surface area contributed by atoms with Crippen LogP contribution in [0.4, 0.5) is 0 Å². The molecule has 1 aromatic carbocycles. The maximum atomic E-state index is 3.37. The second-order valence-electron chi connectivity index (χ2n) is 5.06. The predicted octanol–water partition coefficient (Wildman–Crippen LogP) is 4.13. The molecule has 96 valence electrons. The van der Waals surface area contributed by atoms with Crippen molar-refractivity contribution in [3.8, 4) is 0 Å². The molecule has 0 radical (unpaired) electrons. The monoisotopic (exact) mass is 233 g/mol. The van der Waals surface area contributed by atoms with Crippen LogP contribution in [0.25, 0.3) is 0 Å². The molecule has 0 aromatic heterocycles. The van der Waals surface area contributed by atoms with E-state index in [1.165, 1.54) is 43.4 Å². The molecule has 0 saturated carbocycles. The van der Waals surface area contributed by atoms with E-state index in [2.05, 4.69) is 50.4 Å². The highest BCUT2D eigenvalue weighted by Crippen LogP contribution is 2.15. The maximum absolute atomic E-state index is 3.37. The first-order chi connectivity index (χ1) is 8.24. The normalized spacial score (nSPS) is 11.1. The Hall–Kier alpha value is -0.820. The first kappa shape index (κ1) is 14.2. The van der Waals surface area contributed by atoms with Crippen LogP contribution in [-0.4, -0.2) is 13.1 Å². The van der Waals surface area contributed by atoms with Gasteiger partial charge in [0.15, 0.2) is 0 Å². The van der Waals surface area contributed by atoms with Gasteiger partial charge in [-0.3, -0.25) is 0 Å².